The minimum Gasteiger partial charge on any atom is -0.351 e. The summed E-state index contributed by atoms with van der Waals surface area (Å²) >= 11 is 0. The van der Waals surface area contributed by atoms with Crippen molar-refractivity contribution >= 4 is 5.82 Å². The van der Waals surface area contributed by atoms with Crippen molar-refractivity contribution in [3.05, 3.63) is 35.5 Å². The maximum Gasteiger partial charge on any atom is 0.251 e. The van der Waals surface area contributed by atoms with Gasteiger partial charge in [0.1, 0.15) is 11.6 Å². The number of hydrogen-bond acceptors (Lipinski definition) is 4. The Labute approximate surface area is 147 Å². The van der Waals surface area contributed by atoms with Gasteiger partial charge in [0.2, 0.25) is 0 Å². The highest BCUT2D eigenvalue weighted by atomic mass is 19.3. The van der Waals surface area contributed by atoms with Gasteiger partial charge in [0.05, 0.1) is 18.4 Å². The van der Waals surface area contributed by atoms with Crippen LogP contribution in [0.1, 0.15) is 42.8 Å². The van der Waals surface area contributed by atoms with Gasteiger partial charge in [-0.1, -0.05) is 0 Å². The summed E-state index contributed by atoms with van der Waals surface area (Å²) in [5, 5.41) is 4.28. The van der Waals surface area contributed by atoms with E-state index in [-0.39, 0.29) is 6.42 Å². The van der Waals surface area contributed by atoms with Crippen LogP contribution >= 0.6 is 0 Å². The van der Waals surface area contributed by atoms with Gasteiger partial charge < -0.3 is 4.90 Å². The van der Waals surface area contributed by atoms with Gasteiger partial charge in [-0.25, -0.2) is 18.7 Å². The van der Waals surface area contributed by atoms with E-state index >= 15 is 0 Å². The molecule has 1 fully saturated rings. The normalized spacial score (nSPS) is 19.3. The predicted octanol–water partition coefficient (Wildman–Crippen LogP) is 3.66. The Kier molecular flexibility index (Phi) is 5.01. The third kappa shape index (κ3) is 3.96. The fourth-order valence-corrected chi connectivity index (χ4v) is 3.54. The molecule has 0 radical (unpaired) electrons. The molecule has 0 saturated heterocycles. The summed E-state index contributed by atoms with van der Waals surface area (Å²) in [6, 6.07) is 1.84. The number of rotatable bonds is 6. The molecule has 0 bridgehead atoms. The van der Waals surface area contributed by atoms with Crippen LogP contribution in [0.15, 0.2) is 18.5 Å². The molecule has 1 aliphatic rings. The molecular formula is C18H25F2N5. The highest BCUT2D eigenvalue weighted by Gasteiger charge is 2.43. The molecular weight excluding hydrogens is 324 g/mol. The van der Waals surface area contributed by atoms with Gasteiger partial charge in [-0.15, -0.1) is 0 Å². The molecule has 0 aliphatic heterocycles. The summed E-state index contributed by atoms with van der Waals surface area (Å²) in [5.74, 6) is -1.62. The van der Waals surface area contributed by atoms with Crippen molar-refractivity contribution in [3.63, 3.8) is 0 Å². The molecule has 0 amide bonds. The van der Waals surface area contributed by atoms with Crippen LogP contribution in [-0.4, -0.2) is 32.2 Å². The number of hydrogen-bond donors (Lipinski definition) is 0. The lowest BCUT2D eigenvalue weighted by Crippen LogP contribution is -2.31. The van der Waals surface area contributed by atoms with Gasteiger partial charge in [0, 0.05) is 32.1 Å². The lowest BCUT2D eigenvalue weighted by atomic mass is 10.0. The lowest BCUT2D eigenvalue weighted by Gasteiger charge is -2.27. The standard InChI is InChI=1S/C18H25F2N5/c1-13-11-22-24(3)16(13)12-25(17-6-9-21-14(2)23-17)10-7-15-5-4-8-18(15,19)20/h6,9,11,15H,4-5,7-8,10,12H2,1-3H3. The van der Waals surface area contributed by atoms with E-state index < -0.39 is 11.8 Å². The van der Waals surface area contributed by atoms with Crippen LogP contribution in [0.3, 0.4) is 0 Å². The summed E-state index contributed by atoms with van der Waals surface area (Å²) in [5.41, 5.74) is 2.15. The van der Waals surface area contributed by atoms with E-state index in [1.54, 1.807) is 6.20 Å². The third-order valence-electron chi connectivity index (χ3n) is 5.10. The first-order chi connectivity index (χ1) is 11.9. The van der Waals surface area contributed by atoms with Gasteiger partial charge in [-0.3, -0.25) is 4.68 Å². The monoisotopic (exact) mass is 349 g/mol. The van der Waals surface area contributed by atoms with Crippen molar-refractivity contribution in [3.8, 4) is 0 Å². The molecule has 2 aromatic rings. The number of aromatic nitrogens is 4. The zero-order chi connectivity index (χ0) is 18.0. The molecule has 136 valence electrons. The van der Waals surface area contributed by atoms with Crippen molar-refractivity contribution in [2.24, 2.45) is 13.0 Å². The Morgan fingerprint density at radius 3 is 2.76 bits per heavy atom. The minimum atomic E-state index is -2.53. The second-order valence-corrected chi connectivity index (χ2v) is 6.92. The zero-order valence-electron chi connectivity index (χ0n) is 15.0. The SMILES string of the molecule is Cc1nccc(N(CCC2CCCC2(F)F)Cc2c(C)cnn2C)n1. The van der Waals surface area contributed by atoms with E-state index in [0.29, 0.717) is 38.2 Å². The van der Waals surface area contributed by atoms with Crippen LogP contribution < -0.4 is 4.90 Å². The first-order valence-electron chi connectivity index (χ1n) is 8.77. The van der Waals surface area contributed by atoms with Gasteiger partial charge in [-0.2, -0.15) is 5.10 Å². The molecule has 2 aromatic heterocycles. The molecule has 1 aliphatic carbocycles. The topological polar surface area (TPSA) is 46.8 Å². The summed E-state index contributed by atoms with van der Waals surface area (Å²) in [7, 11) is 1.90. The third-order valence-corrected chi connectivity index (χ3v) is 5.10. The van der Waals surface area contributed by atoms with Crippen LogP contribution in [0, 0.1) is 19.8 Å². The van der Waals surface area contributed by atoms with E-state index in [1.165, 1.54) is 0 Å². The van der Waals surface area contributed by atoms with Gasteiger partial charge in [0.25, 0.3) is 5.92 Å². The average Bonchev–Trinajstić information content (AvgIpc) is 3.06. The van der Waals surface area contributed by atoms with E-state index in [9.17, 15) is 8.78 Å². The molecule has 7 heteroatoms. The fraction of sp³-hybridized carbons (Fsp3) is 0.611. The Morgan fingerprint density at radius 1 is 1.36 bits per heavy atom. The average molecular weight is 349 g/mol. The van der Waals surface area contributed by atoms with Gasteiger partial charge >= 0.3 is 0 Å². The zero-order valence-corrected chi connectivity index (χ0v) is 15.0. The number of alkyl halides is 2. The Hall–Kier alpha value is -2.05. The minimum absolute atomic E-state index is 0.0190. The summed E-state index contributed by atoms with van der Waals surface area (Å²) in [6.45, 7) is 4.98. The summed E-state index contributed by atoms with van der Waals surface area (Å²) in [4.78, 5) is 10.7. The molecule has 0 aromatic carbocycles. The van der Waals surface area contributed by atoms with Crippen molar-refractivity contribution < 1.29 is 8.78 Å². The molecule has 5 nitrogen and oxygen atoms in total. The number of halogens is 2. The smallest absolute Gasteiger partial charge is 0.251 e. The van der Waals surface area contributed by atoms with E-state index in [1.807, 2.05) is 37.8 Å². The Bertz CT molecular complexity index is 709. The predicted molar refractivity (Wildman–Crippen MR) is 92.7 cm³/mol. The molecule has 2 heterocycles. The van der Waals surface area contributed by atoms with Crippen molar-refractivity contribution in [2.75, 3.05) is 11.4 Å². The number of aryl methyl sites for hydroxylation is 3. The highest BCUT2D eigenvalue weighted by molar-refractivity contribution is 5.38. The fourth-order valence-electron chi connectivity index (χ4n) is 3.54. The van der Waals surface area contributed by atoms with Crippen molar-refractivity contribution in [1.82, 2.24) is 19.7 Å². The van der Waals surface area contributed by atoms with E-state index in [0.717, 1.165) is 17.1 Å². The molecule has 1 atom stereocenters. The largest absolute Gasteiger partial charge is 0.351 e. The maximum atomic E-state index is 14.0. The van der Waals surface area contributed by atoms with Crippen LogP contribution in [0.4, 0.5) is 14.6 Å². The first-order valence-corrected chi connectivity index (χ1v) is 8.77. The van der Waals surface area contributed by atoms with E-state index in [2.05, 4.69) is 20.0 Å². The summed E-state index contributed by atoms with van der Waals surface area (Å²) < 4.78 is 29.8. The first kappa shape index (κ1) is 17.8. The highest BCUT2D eigenvalue weighted by Crippen LogP contribution is 2.42. The van der Waals surface area contributed by atoms with Crippen LogP contribution in [0.5, 0.6) is 0 Å². The maximum absolute atomic E-state index is 14.0. The Balaban J connectivity index is 1.79. The molecule has 3 rings (SSSR count). The van der Waals surface area contributed by atoms with Crippen LogP contribution in [0.25, 0.3) is 0 Å². The van der Waals surface area contributed by atoms with Gasteiger partial charge in [0.15, 0.2) is 0 Å². The summed E-state index contributed by atoms with van der Waals surface area (Å²) in [6.07, 6.45) is 5.24. The lowest BCUT2D eigenvalue weighted by molar-refractivity contribution is -0.0386. The molecule has 25 heavy (non-hydrogen) atoms. The quantitative estimate of drug-likeness (QED) is 0.798. The van der Waals surface area contributed by atoms with Crippen molar-refractivity contribution in [1.29, 1.82) is 0 Å². The molecule has 0 spiro atoms. The van der Waals surface area contributed by atoms with E-state index in [4.69, 9.17) is 0 Å². The Morgan fingerprint density at radius 2 is 2.16 bits per heavy atom. The molecule has 0 N–H and O–H groups in total. The second-order valence-electron chi connectivity index (χ2n) is 6.92. The second kappa shape index (κ2) is 7.06. The molecule has 1 unspecified atom stereocenters. The van der Waals surface area contributed by atoms with Crippen molar-refractivity contribution in [2.45, 2.75) is 52.0 Å². The van der Waals surface area contributed by atoms with Gasteiger partial charge in [-0.05, 0) is 44.7 Å². The van der Waals surface area contributed by atoms with Crippen LogP contribution in [0.2, 0.25) is 0 Å². The number of anilines is 1. The number of nitrogens with zero attached hydrogens (tertiary/aromatic N) is 5. The molecule has 1 saturated carbocycles. The van der Waals surface area contributed by atoms with Crippen LogP contribution in [-0.2, 0) is 13.6 Å².